The van der Waals surface area contributed by atoms with E-state index >= 15 is 0 Å². The Hall–Kier alpha value is -2.27. The number of nitrogens with one attached hydrogen (secondary N) is 1. The van der Waals surface area contributed by atoms with Crippen molar-refractivity contribution in [3.63, 3.8) is 0 Å². The molecule has 0 heterocycles. The minimum Gasteiger partial charge on any atom is -0.323 e. The fourth-order valence-corrected chi connectivity index (χ4v) is 2.42. The highest BCUT2D eigenvalue weighted by atomic mass is 32.2. The quantitative estimate of drug-likeness (QED) is 0.519. The van der Waals surface area contributed by atoms with Gasteiger partial charge in [0, 0.05) is 18.4 Å². The average Bonchev–Trinajstić information content (AvgIpc) is 2.59. The summed E-state index contributed by atoms with van der Waals surface area (Å²) in [5.74, 6) is 0.668. The molecular weight excluding hydrogens is 296 g/mol. The van der Waals surface area contributed by atoms with Gasteiger partial charge in [-0.3, -0.25) is 4.84 Å². The predicted octanol–water partition coefficient (Wildman–Crippen LogP) is 3.78. The number of hydrogen-bond donors (Lipinski definition) is 1. The Kier molecular flexibility index (Phi) is 6.03. The first-order chi connectivity index (χ1) is 10.7. The van der Waals surface area contributed by atoms with Gasteiger partial charge in [0.05, 0.1) is 5.71 Å². The van der Waals surface area contributed by atoms with E-state index in [0.717, 1.165) is 16.8 Å². The molecule has 2 aromatic rings. The maximum absolute atomic E-state index is 11.1. The van der Waals surface area contributed by atoms with Crippen molar-refractivity contribution in [1.82, 2.24) is 5.32 Å². The van der Waals surface area contributed by atoms with Crippen LogP contribution in [0.3, 0.4) is 0 Å². The van der Waals surface area contributed by atoms with Gasteiger partial charge in [0.2, 0.25) is 0 Å². The molecule has 0 atom stereocenters. The molecule has 0 saturated carbocycles. The fraction of sp³-hybridized carbons (Fsp3) is 0.176. The Bertz CT molecular complexity index is 639. The monoisotopic (exact) mass is 314 g/mol. The van der Waals surface area contributed by atoms with Crippen LogP contribution < -0.4 is 5.32 Å². The molecule has 4 nitrogen and oxygen atoms in total. The number of carbonyl (C=O) groups excluding carboxylic acids is 1. The zero-order chi connectivity index (χ0) is 15.8. The summed E-state index contributed by atoms with van der Waals surface area (Å²) in [6.07, 6.45) is 1.41. The largest absolute Gasteiger partial charge is 0.433 e. The second-order valence-corrected chi connectivity index (χ2v) is 5.41. The number of benzene rings is 2. The molecular formula is C17H18N2O2S. The zero-order valence-electron chi connectivity index (χ0n) is 12.6. The van der Waals surface area contributed by atoms with Gasteiger partial charge in [-0.15, -0.1) is 0 Å². The highest BCUT2D eigenvalue weighted by Crippen LogP contribution is 2.20. The number of rotatable bonds is 5. The van der Waals surface area contributed by atoms with Gasteiger partial charge in [-0.05, 0) is 17.4 Å². The second kappa shape index (κ2) is 8.24. The molecule has 2 aromatic carbocycles. The van der Waals surface area contributed by atoms with Crippen LogP contribution in [0.4, 0.5) is 4.79 Å². The first-order valence-electron chi connectivity index (χ1n) is 6.85. The number of nitrogens with zero attached hydrogens (tertiary/aromatic N) is 1. The third-order valence-electron chi connectivity index (χ3n) is 3.05. The van der Waals surface area contributed by atoms with Gasteiger partial charge in [0.15, 0.2) is 0 Å². The SMILES string of the molecule is CNC(=O)O/N=C(\CSC)c1ccc(-c2ccccc2)cc1. The Labute approximate surface area is 134 Å². The molecule has 0 unspecified atom stereocenters. The van der Waals surface area contributed by atoms with Gasteiger partial charge in [0.1, 0.15) is 0 Å². The Morgan fingerprint density at radius 1 is 1.09 bits per heavy atom. The van der Waals surface area contributed by atoms with Crippen LogP contribution in [0.1, 0.15) is 5.56 Å². The minimum absolute atomic E-state index is 0.570. The van der Waals surface area contributed by atoms with Crippen molar-refractivity contribution in [3.05, 3.63) is 60.2 Å². The maximum Gasteiger partial charge on any atom is 0.433 e. The molecule has 0 aliphatic rings. The third kappa shape index (κ3) is 4.36. The first-order valence-corrected chi connectivity index (χ1v) is 8.24. The van der Waals surface area contributed by atoms with E-state index in [1.807, 2.05) is 48.7 Å². The van der Waals surface area contributed by atoms with Crippen molar-refractivity contribution >= 4 is 23.6 Å². The van der Waals surface area contributed by atoms with Gasteiger partial charge in [-0.1, -0.05) is 59.8 Å². The molecule has 0 aliphatic heterocycles. The molecule has 1 amide bonds. The van der Waals surface area contributed by atoms with Crippen molar-refractivity contribution in [2.75, 3.05) is 19.1 Å². The molecule has 5 heteroatoms. The van der Waals surface area contributed by atoms with Crippen LogP contribution in [0.2, 0.25) is 0 Å². The molecule has 0 bridgehead atoms. The molecule has 0 aliphatic carbocycles. The van der Waals surface area contributed by atoms with E-state index in [9.17, 15) is 4.79 Å². The third-order valence-corrected chi connectivity index (χ3v) is 3.61. The number of hydrogen-bond acceptors (Lipinski definition) is 4. The van der Waals surface area contributed by atoms with E-state index < -0.39 is 6.09 Å². The molecule has 0 radical (unpaired) electrons. The Morgan fingerprint density at radius 3 is 2.32 bits per heavy atom. The highest BCUT2D eigenvalue weighted by Gasteiger charge is 2.06. The van der Waals surface area contributed by atoms with E-state index in [-0.39, 0.29) is 0 Å². The molecule has 0 spiro atoms. The van der Waals surface area contributed by atoms with Gasteiger partial charge in [-0.25, -0.2) is 4.79 Å². The molecule has 1 N–H and O–H groups in total. The summed E-state index contributed by atoms with van der Waals surface area (Å²) in [6.45, 7) is 0. The lowest BCUT2D eigenvalue weighted by Gasteiger charge is -2.07. The van der Waals surface area contributed by atoms with Crippen molar-refractivity contribution in [2.45, 2.75) is 0 Å². The van der Waals surface area contributed by atoms with Crippen LogP contribution in [0, 0.1) is 0 Å². The van der Waals surface area contributed by atoms with E-state index in [2.05, 4.69) is 22.6 Å². The van der Waals surface area contributed by atoms with E-state index in [0.29, 0.717) is 5.75 Å². The normalized spacial score (nSPS) is 11.1. The molecule has 0 saturated heterocycles. The maximum atomic E-state index is 11.1. The Balaban J connectivity index is 2.20. The van der Waals surface area contributed by atoms with Crippen molar-refractivity contribution in [1.29, 1.82) is 0 Å². The first kappa shape index (κ1) is 16.1. The van der Waals surface area contributed by atoms with Gasteiger partial charge in [0.25, 0.3) is 0 Å². The number of carbonyl (C=O) groups is 1. The van der Waals surface area contributed by atoms with Crippen LogP contribution in [0.25, 0.3) is 11.1 Å². The number of amides is 1. The van der Waals surface area contributed by atoms with Crippen LogP contribution in [-0.4, -0.2) is 30.9 Å². The van der Waals surface area contributed by atoms with Crippen molar-refractivity contribution in [3.8, 4) is 11.1 Å². The molecule has 0 aromatic heterocycles. The predicted molar refractivity (Wildman–Crippen MR) is 92.3 cm³/mol. The summed E-state index contributed by atoms with van der Waals surface area (Å²) in [7, 11) is 1.50. The lowest BCUT2D eigenvalue weighted by molar-refractivity contribution is 0.153. The van der Waals surface area contributed by atoms with Gasteiger partial charge in [-0.2, -0.15) is 11.8 Å². The summed E-state index contributed by atoms with van der Waals surface area (Å²) in [4.78, 5) is 15.9. The average molecular weight is 314 g/mol. The van der Waals surface area contributed by atoms with Crippen LogP contribution >= 0.6 is 11.8 Å². The standard InChI is InChI=1S/C17H18N2O2S/c1-18-17(20)21-19-16(12-22-2)15-10-8-14(9-11-15)13-6-4-3-5-7-13/h3-11H,12H2,1-2H3,(H,18,20)/b19-16+. The minimum atomic E-state index is -0.570. The van der Waals surface area contributed by atoms with E-state index in [4.69, 9.17) is 4.84 Å². The topological polar surface area (TPSA) is 50.7 Å². The molecule has 2 rings (SSSR count). The number of oxime groups is 1. The summed E-state index contributed by atoms with van der Waals surface area (Å²) in [6, 6.07) is 18.2. The second-order valence-electron chi connectivity index (χ2n) is 4.54. The van der Waals surface area contributed by atoms with Crippen molar-refractivity contribution < 1.29 is 9.63 Å². The lowest BCUT2D eigenvalue weighted by atomic mass is 10.0. The zero-order valence-corrected chi connectivity index (χ0v) is 13.4. The van der Waals surface area contributed by atoms with Crippen LogP contribution in [0.5, 0.6) is 0 Å². The van der Waals surface area contributed by atoms with E-state index in [1.54, 1.807) is 11.8 Å². The summed E-state index contributed by atoms with van der Waals surface area (Å²) in [5.41, 5.74) is 3.98. The van der Waals surface area contributed by atoms with Crippen molar-refractivity contribution in [2.24, 2.45) is 5.16 Å². The van der Waals surface area contributed by atoms with Gasteiger partial charge >= 0.3 is 6.09 Å². The lowest BCUT2D eigenvalue weighted by Crippen LogP contribution is -2.18. The smallest absolute Gasteiger partial charge is 0.323 e. The van der Waals surface area contributed by atoms with Crippen LogP contribution in [-0.2, 0) is 4.84 Å². The summed E-state index contributed by atoms with van der Waals surface area (Å²) in [5, 5.41) is 6.31. The molecule has 22 heavy (non-hydrogen) atoms. The molecule has 114 valence electrons. The Morgan fingerprint density at radius 2 is 1.73 bits per heavy atom. The summed E-state index contributed by atoms with van der Waals surface area (Å²) >= 11 is 1.62. The van der Waals surface area contributed by atoms with E-state index in [1.165, 1.54) is 12.6 Å². The highest BCUT2D eigenvalue weighted by molar-refractivity contribution is 7.99. The molecule has 0 fully saturated rings. The summed E-state index contributed by atoms with van der Waals surface area (Å²) < 4.78 is 0. The van der Waals surface area contributed by atoms with Crippen LogP contribution in [0.15, 0.2) is 59.8 Å². The number of thioether (sulfide) groups is 1. The van der Waals surface area contributed by atoms with Gasteiger partial charge < -0.3 is 5.32 Å². The fourth-order valence-electron chi connectivity index (χ4n) is 1.93.